The molecule has 6 heteroatoms. The van der Waals surface area contributed by atoms with E-state index < -0.39 is 25.2 Å². The highest BCUT2D eigenvalue weighted by Crippen LogP contribution is 2.37. The van der Waals surface area contributed by atoms with E-state index in [1.807, 2.05) is 41.5 Å². The topological polar surface area (TPSA) is 47.9 Å². The molecule has 1 heterocycles. The van der Waals surface area contributed by atoms with Crippen LogP contribution in [0.25, 0.3) is 0 Å². The molecule has 0 aromatic rings. The Balaban J connectivity index is 2.62. The first-order valence-corrected chi connectivity index (χ1v) is 5.35. The highest BCUT2D eigenvalue weighted by molar-refractivity contribution is 7.10. The molecule has 0 spiro atoms. The van der Waals surface area contributed by atoms with Crippen LogP contribution in [0.1, 0.15) is 41.5 Å². The van der Waals surface area contributed by atoms with E-state index in [2.05, 4.69) is 0 Å². The summed E-state index contributed by atoms with van der Waals surface area (Å²) in [5.41, 5.74) is -0.863. The van der Waals surface area contributed by atoms with Crippen LogP contribution in [-0.4, -0.2) is 36.3 Å². The molecule has 0 aliphatic carbocycles. The lowest BCUT2D eigenvalue weighted by atomic mass is 9.49. The van der Waals surface area contributed by atoms with Gasteiger partial charge in [0.15, 0.2) is 0 Å². The van der Waals surface area contributed by atoms with Gasteiger partial charge in [-0.05, 0) is 41.5 Å². The quantitative estimate of drug-likeness (QED) is 0.713. The van der Waals surface area contributed by atoms with Crippen molar-refractivity contribution in [2.75, 3.05) is 0 Å². The predicted octanol–water partition coefficient (Wildman–Crippen LogP) is 1.06. The van der Waals surface area contributed by atoms with E-state index in [0.29, 0.717) is 0 Å². The van der Waals surface area contributed by atoms with Crippen molar-refractivity contribution in [3.05, 3.63) is 0 Å². The third-order valence-corrected chi connectivity index (χ3v) is 2.92. The average Bonchev–Trinajstić information content (AvgIpc) is 2.20. The van der Waals surface area contributed by atoms with Gasteiger partial charge in [0.1, 0.15) is 0 Å². The number of hydrogen-bond acceptors (Lipinski definition) is 4. The Morgan fingerprint density at radius 1 is 1.13 bits per heavy atom. The lowest BCUT2D eigenvalue weighted by molar-refractivity contribution is 0.00578. The molecule has 4 nitrogen and oxygen atoms in total. The minimum atomic E-state index is -1.04. The lowest BCUT2D eigenvalue weighted by Crippen LogP contribution is -2.43. The molecule has 15 heavy (non-hydrogen) atoms. The largest absolute Gasteiger partial charge is 0.488 e. The van der Waals surface area contributed by atoms with Crippen LogP contribution in [-0.2, 0) is 14.0 Å². The van der Waals surface area contributed by atoms with Crippen LogP contribution < -0.4 is 0 Å². The van der Waals surface area contributed by atoms with Crippen LogP contribution in [0.15, 0.2) is 0 Å². The molecule has 0 unspecified atom stereocenters. The van der Waals surface area contributed by atoms with Crippen molar-refractivity contribution in [3.63, 3.8) is 0 Å². The summed E-state index contributed by atoms with van der Waals surface area (Å²) in [6, 6.07) is 0. The normalized spacial score (nSPS) is 23.6. The molecule has 1 N–H and O–H groups in total. The van der Waals surface area contributed by atoms with Gasteiger partial charge in [0.05, 0.1) is 11.2 Å². The maximum atomic E-state index is 9.71. The Bertz CT molecular complexity index is 214. The molecule has 86 valence electrons. The van der Waals surface area contributed by atoms with Crippen molar-refractivity contribution in [1.29, 1.82) is 0 Å². The van der Waals surface area contributed by atoms with Crippen LogP contribution >= 0.6 is 0 Å². The van der Waals surface area contributed by atoms with E-state index in [9.17, 15) is 5.02 Å². The van der Waals surface area contributed by atoms with Gasteiger partial charge in [0, 0.05) is 6.10 Å². The van der Waals surface area contributed by atoms with E-state index in [1.54, 1.807) is 0 Å². The standard InChI is InChI=1S/C9H20B2O4/c1-7(2)13-10(12)11-14-8(3,4)9(5,6)15-11/h7,12H,1-6H3. The maximum Gasteiger partial charge on any atom is 0.488 e. The zero-order valence-electron chi connectivity index (χ0n) is 10.4. The number of hydrogen-bond donors (Lipinski definition) is 1. The van der Waals surface area contributed by atoms with Gasteiger partial charge < -0.3 is 19.0 Å². The van der Waals surface area contributed by atoms with Gasteiger partial charge in [-0.2, -0.15) is 0 Å². The van der Waals surface area contributed by atoms with E-state index in [1.165, 1.54) is 0 Å². The van der Waals surface area contributed by atoms with E-state index in [0.717, 1.165) is 0 Å². The molecular weight excluding hydrogens is 194 g/mol. The summed E-state index contributed by atoms with van der Waals surface area (Å²) >= 11 is 0. The van der Waals surface area contributed by atoms with E-state index >= 15 is 0 Å². The molecule has 1 rings (SSSR count). The predicted molar refractivity (Wildman–Crippen MR) is 60.3 cm³/mol. The summed E-state index contributed by atoms with van der Waals surface area (Å²) in [4.78, 5) is 0. The van der Waals surface area contributed by atoms with Gasteiger partial charge in [0.2, 0.25) is 0 Å². The minimum Gasteiger partial charge on any atom is -0.429 e. The monoisotopic (exact) mass is 214 g/mol. The maximum absolute atomic E-state index is 9.71. The molecule has 1 aliphatic heterocycles. The highest BCUT2D eigenvalue weighted by atomic mass is 16.7. The Morgan fingerprint density at radius 2 is 1.53 bits per heavy atom. The SMILES string of the molecule is CC(C)OB(O)B1OC(C)(C)C(C)(C)O1. The second-order valence-electron chi connectivity index (χ2n) is 5.20. The number of rotatable bonds is 3. The molecule has 1 aliphatic rings. The van der Waals surface area contributed by atoms with Crippen molar-refractivity contribution in [2.45, 2.75) is 58.8 Å². The lowest BCUT2D eigenvalue weighted by Gasteiger charge is -2.32. The Labute approximate surface area is 92.6 Å². The van der Waals surface area contributed by atoms with Crippen molar-refractivity contribution in [3.8, 4) is 0 Å². The zero-order valence-corrected chi connectivity index (χ0v) is 10.4. The molecular formula is C9H20B2O4. The molecule has 0 bridgehead atoms. The van der Waals surface area contributed by atoms with Crippen LogP contribution in [0.3, 0.4) is 0 Å². The summed E-state index contributed by atoms with van der Waals surface area (Å²) in [7, 11) is -1.75. The van der Waals surface area contributed by atoms with Gasteiger partial charge in [-0.1, -0.05) is 0 Å². The van der Waals surface area contributed by atoms with Crippen molar-refractivity contribution in [2.24, 2.45) is 0 Å². The second-order valence-corrected chi connectivity index (χ2v) is 5.20. The summed E-state index contributed by atoms with van der Waals surface area (Å²) in [5, 5.41) is 9.71. The van der Waals surface area contributed by atoms with Gasteiger partial charge >= 0.3 is 14.0 Å². The second kappa shape index (κ2) is 4.09. The Hall–Kier alpha value is -0.0301. The summed E-state index contributed by atoms with van der Waals surface area (Å²) in [6.07, 6.45) is -0.0565. The average molecular weight is 214 g/mol. The Kier molecular flexibility index (Phi) is 3.55. The first-order chi connectivity index (χ1) is 6.66. The smallest absolute Gasteiger partial charge is 0.429 e. The first kappa shape index (κ1) is 13.0. The molecule has 0 saturated carbocycles. The highest BCUT2D eigenvalue weighted by Gasteiger charge is 2.56. The molecule has 0 aromatic carbocycles. The van der Waals surface area contributed by atoms with Gasteiger partial charge in [0.25, 0.3) is 0 Å². The molecule has 0 amide bonds. The van der Waals surface area contributed by atoms with Crippen LogP contribution in [0.4, 0.5) is 0 Å². The fraction of sp³-hybridized carbons (Fsp3) is 1.00. The van der Waals surface area contributed by atoms with E-state index in [-0.39, 0.29) is 6.10 Å². The van der Waals surface area contributed by atoms with Crippen LogP contribution in [0.5, 0.6) is 0 Å². The molecule has 0 radical (unpaired) electrons. The van der Waals surface area contributed by atoms with Gasteiger partial charge in [-0.3, -0.25) is 0 Å². The third kappa shape index (κ3) is 2.75. The molecule has 0 aromatic heterocycles. The van der Waals surface area contributed by atoms with Gasteiger partial charge in [-0.25, -0.2) is 0 Å². The van der Waals surface area contributed by atoms with Gasteiger partial charge in [-0.15, -0.1) is 0 Å². The summed E-state index contributed by atoms with van der Waals surface area (Å²) < 4.78 is 16.5. The van der Waals surface area contributed by atoms with Crippen molar-refractivity contribution in [1.82, 2.24) is 0 Å². The van der Waals surface area contributed by atoms with Crippen molar-refractivity contribution < 1.29 is 19.0 Å². The minimum absolute atomic E-state index is 0.0565. The van der Waals surface area contributed by atoms with Crippen LogP contribution in [0.2, 0.25) is 0 Å². The van der Waals surface area contributed by atoms with Crippen LogP contribution in [0, 0.1) is 0 Å². The third-order valence-electron chi connectivity index (χ3n) is 2.92. The Morgan fingerprint density at radius 3 is 1.87 bits per heavy atom. The molecule has 0 atom stereocenters. The molecule has 1 saturated heterocycles. The fourth-order valence-corrected chi connectivity index (χ4v) is 1.35. The summed E-state index contributed by atoms with van der Waals surface area (Å²) in [6.45, 7) is 11.5. The van der Waals surface area contributed by atoms with Crippen molar-refractivity contribution >= 4 is 14.0 Å². The summed E-state index contributed by atoms with van der Waals surface area (Å²) in [5.74, 6) is 0. The first-order valence-electron chi connectivity index (χ1n) is 5.35. The molecule has 1 fully saturated rings. The zero-order chi connectivity index (χ0) is 11.9. The van der Waals surface area contributed by atoms with E-state index in [4.69, 9.17) is 14.0 Å². The fourth-order valence-electron chi connectivity index (χ4n) is 1.35.